The van der Waals surface area contributed by atoms with E-state index in [1.807, 2.05) is 11.8 Å². The molecule has 2 amide bonds. The van der Waals surface area contributed by atoms with Crippen molar-refractivity contribution in [2.45, 2.75) is 38.6 Å². The van der Waals surface area contributed by atoms with Crippen LogP contribution in [0.2, 0.25) is 0 Å². The lowest BCUT2D eigenvalue weighted by atomic mass is 10.1. The van der Waals surface area contributed by atoms with Crippen LogP contribution in [0.3, 0.4) is 0 Å². The molecule has 1 unspecified atom stereocenters. The number of phenolic OH excluding ortho intramolecular Hbond substituents is 1. The maximum Gasteiger partial charge on any atom is 0.255 e. The Morgan fingerprint density at radius 2 is 2.27 bits per heavy atom. The fourth-order valence-electron chi connectivity index (χ4n) is 2.77. The van der Waals surface area contributed by atoms with E-state index in [0.717, 1.165) is 37.6 Å². The van der Waals surface area contributed by atoms with Crippen LogP contribution in [0, 0.1) is 5.82 Å². The summed E-state index contributed by atoms with van der Waals surface area (Å²) in [6.07, 6.45) is 2.95. The van der Waals surface area contributed by atoms with Gasteiger partial charge in [-0.25, -0.2) is 4.39 Å². The summed E-state index contributed by atoms with van der Waals surface area (Å²) in [5.74, 6) is -1.17. The Kier molecular flexibility index (Phi) is 5.35. The summed E-state index contributed by atoms with van der Waals surface area (Å²) in [6, 6.07) is 3.36. The Balaban J connectivity index is 1.88. The summed E-state index contributed by atoms with van der Waals surface area (Å²) < 4.78 is 13.1. The molecule has 1 aliphatic rings. The van der Waals surface area contributed by atoms with Crippen molar-refractivity contribution in [2.75, 3.05) is 13.1 Å². The number of nitrogens with zero attached hydrogens (tertiary/aromatic N) is 1. The molecule has 5 nitrogen and oxygen atoms in total. The molecule has 0 aliphatic carbocycles. The van der Waals surface area contributed by atoms with Crippen LogP contribution in [-0.2, 0) is 4.79 Å². The summed E-state index contributed by atoms with van der Waals surface area (Å²) >= 11 is 0. The average molecular weight is 308 g/mol. The van der Waals surface area contributed by atoms with E-state index >= 15 is 0 Å². The molecule has 22 heavy (non-hydrogen) atoms. The summed E-state index contributed by atoms with van der Waals surface area (Å²) in [7, 11) is 0. The van der Waals surface area contributed by atoms with Gasteiger partial charge in [-0.15, -0.1) is 0 Å². The fourth-order valence-corrected chi connectivity index (χ4v) is 2.77. The van der Waals surface area contributed by atoms with E-state index in [1.165, 1.54) is 0 Å². The first-order valence-corrected chi connectivity index (χ1v) is 7.59. The zero-order valence-electron chi connectivity index (χ0n) is 12.6. The van der Waals surface area contributed by atoms with Crippen LogP contribution < -0.4 is 5.32 Å². The van der Waals surface area contributed by atoms with Crippen molar-refractivity contribution in [2.24, 2.45) is 0 Å². The van der Waals surface area contributed by atoms with E-state index < -0.39 is 11.7 Å². The van der Waals surface area contributed by atoms with Crippen molar-refractivity contribution in [3.05, 3.63) is 29.6 Å². The van der Waals surface area contributed by atoms with Gasteiger partial charge in [-0.3, -0.25) is 9.59 Å². The van der Waals surface area contributed by atoms with Crippen LogP contribution in [-0.4, -0.2) is 41.0 Å². The largest absolute Gasteiger partial charge is 0.507 e. The van der Waals surface area contributed by atoms with Gasteiger partial charge in [0.1, 0.15) is 11.6 Å². The molecule has 1 fully saturated rings. The zero-order chi connectivity index (χ0) is 16.1. The number of carbonyl (C=O) groups is 2. The Labute approximate surface area is 129 Å². The second kappa shape index (κ2) is 7.24. The van der Waals surface area contributed by atoms with Crippen LogP contribution in [0.25, 0.3) is 0 Å². The fraction of sp³-hybridized carbons (Fsp3) is 0.500. The molecule has 2 N–H and O–H groups in total. The summed E-state index contributed by atoms with van der Waals surface area (Å²) in [5.41, 5.74) is -0.0784. The van der Waals surface area contributed by atoms with E-state index in [-0.39, 0.29) is 23.3 Å². The number of hydrogen-bond acceptors (Lipinski definition) is 3. The Morgan fingerprint density at radius 1 is 1.50 bits per heavy atom. The lowest BCUT2D eigenvalue weighted by molar-refractivity contribution is -0.129. The monoisotopic (exact) mass is 308 g/mol. The number of rotatable bonds is 6. The van der Waals surface area contributed by atoms with E-state index in [9.17, 15) is 19.1 Å². The van der Waals surface area contributed by atoms with E-state index in [0.29, 0.717) is 19.4 Å². The van der Waals surface area contributed by atoms with Crippen LogP contribution >= 0.6 is 0 Å². The number of hydrogen-bond donors (Lipinski definition) is 2. The SMILES string of the molecule is CCC(CCNC(=O)c1cc(F)ccc1O)N1CCCC1=O. The van der Waals surface area contributed by atoms with Gasteiger partial charge >= 0.3 is 0 Å². The first kappa shape index (κ1) is 16.3. The predicted molar refractivity (Wildman–Crippen MR) is 80.0 cm³/mol. The molecule has 6 heteroatoms. The molecule has 1 heterocycles. The molecule has 1 aliphatic heterocycles. The highest BCUT2D eigenvalue weighted by Gasteiger charge is 2.26. The van der Waals surface area contributed by atoms with Gasteiger partial charge in [0.15, 0.2) is 0 Å². The van der Waals surface area contributed by atoms with Crippen molar-refractivity contribution >= 4 is 11.8 Å². The molecule has 1 aromatic carbocycles. The van der Waals surface area contributed by atoms with Crippen molar-refractivity contribution in [3.63, 3.8) is 0 Å². The highest BCUT2D eigenvalue weighted by Crippen LogP contribution is 2.19. The number of halogens is 1. The number of benzene rings is 1. The molecular formula is C16H21FN2O3. The Morgan fingerprint density at radius 3 is 2.91 bits per heavy atom. The molecule has 0 radical (unpaired) electrons. The average Bonchev–Trinajstić information content (AvgIpc) is 2.92. The number of nitrogens with one attached hydrogen (secondary N) is 1. The zero-order valence-corrected chi connectivity index (χ0v) is 12.6. The van der Waals surface area contributed by atoms with Gasteiger partial charge in [-0.1, -0.05) is 6.92 Å². The van der Waals surface area contributed by atoms with Crippen molar-refractivity contribution in [3.8, 4) is 5.75 Å². The van der Waals surface area contributed by atoms with E-state index in [4.69, 9.17) is 0 Å². The van der Waals surface area contributed by atoms with E-state index in [1.54, 1.807) is 0 Å². The molecule has 2 rings (SSSR count). The molecule has 1 saturated heterocycles. The highest BCUT2D eigenvalue weighted by atomic mass is 19.1. The summed E-state index contributed by atoms with van der Waals surface area (Å²) in [4.78, 5) is 25.6. The van der Waals surface area contributed by atoms with E-state index in [2.05, 4.69) is 5.32 Å². The number of likely N-dealkylation sites (tertiary alicyclic amines) is 1. The number of aromatic hydroxyl groups is 1. The minimum Gasteiger partial charge on any atom is -0.507 e. The van der Waals surface area contributed by atoms with Gasteiger partial charge in [0, 0.05) is 25.6 Å². The van der Waals surface area contributed by atoms with Crippen molar-refractivity contribution in [1.82, 2.24) is 10.2 Å². The lowest BCUT2D eigenvalue weighted by Crippen LogP contribution is -2.38. The van der Waals surface area contributed by atoms with Gasteiger partial charge < -0.3 is 15.3 Å². The highest BCUT2D eigenvalue weighted by molar-refractivity contribution is 5.96. The van der Waals surface area contributed by atoms with Gasteiger partial charge in [-0.2, -0.15) is 0 Å². The van der Waals surface area contributed by atoms with Crippen LogP contribution in [0.15, 0.2) is 18.2 Å². The maximum atomic E-state index is 13.1. The maximum absolute atomic E-state index is 13.1. The Bertz CT molecular complexity index is 562. The smallest absolute Gasteiger partial charge is 0.255 e. The molecular weight excluding hydrogens is 287 g/mol. The third-order valence-corrected chi connectivity index (χ3v) is 3.99. The van der Waals surface area contributed by atoms with Crippen molar-refractivity contribution in [1.29, 1.82) is 0 Å². The predicted octanol–water partition coefficient (Wildman–Crippen LogP) is 2.05. The summed E-state index contributed by atoms with van der Waals surface area (Å²) in [5, 5.41) is 12.3. The van der Waals surface area contributed by atoms with Crippen LogP contribution in [0.1, 0.15) is 43.0 Å². The third-order valence-electron chi connectivity index (χ3n) is 3.99. The molecule has 1 atom stereocenters. The lowest BCUT2D eigenvalue weighted by Gasteiger charge is -2.26. The second-order valence-electron chi connectivity index (χ2n) is 5.46. The van der Waals surface area contributed by atoms with Gasteiger partial charge in [-0.05, 0) is 37.5 Å². The normalized spacial score (nSPS) is 15.9. The minimum absolute atomic E-state index is 0.0784. The second-order valence-corrected chi connectivity index (χ2v) is 5.46. The summed E-state index contributed by atoms with van der Waals surface area (Å²) in [6.45, 7) is 3.16. The molecule has 0 bridgehead atoms. The third kappa shape index (κ3) is 3.75. The Hall–Kier alpha value is -2.11. The quantitative estimate of drug-likeness (QED) is 0.845. The minimum atomic E-state index is -0.572. The number of carbonyl (C=O) groups excluding carboxylic acids is 2. The first-order valence-electron chi connectivity index (χ1n) is 7.59. The number of amides is 2. The van der Waals surface area contributed by atoms with Gasteiger partial charge in [0.25, 0.3) is 5.91 Å². The van der Waals surface area contributed by atoms with Crippen molar-refractivity contribution < 1.29 is 19.1 Å². The number of phenols is 1. The molecule has 0 aromatic heterocycles. The molecule has 120 valence electrons. The van der Waals surface area contributed by atoms with Gasteiger partial charge in [0.05, 0.1) is 5.56 Å². The topological polar surface area (TPSA) is 69.6 Å². The molecule has 0 spiro atoms. The van der Waals surface area contributed by atoms with Crippen LogP contribution in [0.4, 0.5) is 4.39 Å². The standard InChI is InChI=1S/C16H21FN2O3/c1-2-12(19-9-3-4-15(19)21)7-8-18-16(22)13-10-11(17)5-6-14(13)20/h5-6,10,12,20H,2-4,7-9H2,1H3,(H,18,22). The first-order chi connectivity index (χ1) is 10.5. The molecule has 1 aromatic rings. The van der Waals surface area contributed by atoms with Gasteiger partial charge in [0.2, 0.25) is 5.91 Å². The molecule has 0 saturated carbocycles. The van der Waals surface area contributed by atoms with Crippen LogP contribution in [0.5, 0.6) is 5.75 Å².